The molecule has 2 N–H and O–H groups in total. The van der Waals surface area contributed by atoms with E-state index in [9.17, 15) is 14.0 Å². The summed E-state index contributed by atoms with van der Waals surface area (Å²) in [5, 5.41) is 5.52. The molecule has 1 unspecified atom stereocenters. The summed E-state index contributed by atoms with van der Waals surface area (Å²) in [4.78, 5) is 25.8. The van der Waals surface area contributed by atoms with Gasteiger partial charge in [-0.2, -0.15) is 0 Å². The molecule has 1 saturated heterocycles. The lowest BCUT2D eigenvalue weighted by atomic mass is 9.88. The van der Waals surface area contributed by atoms with Gasteiger partial charge in [-0.15, -0.1) is 0 Å². The number of carbonyl (C=O) groups excluding carboxylic acids is 2. The van der Waals surface area contributed by atoms with Crippen LogP contribution in [0, 0.1) is 5.82 Å². The topological polar surface area (TPSA) is 70.7 Å². The molecule has 0 aliphatic carbocycles. The highest BCUT2D eigenvalue weighted by Gasteiger charge is 2.32. The first-order valence-electron chi connectivity index (χ1n) is 8.93. The van der Waals surface area contributed by atoms with Crippen molar-refractivity contribution in [1.29, 1.82) is 0 Å². The van der Waals surface area contributed by atoms with E-state index in [0.29, 0.717) is 13.1 Å². The first-order valence-corrected chi connectivity index (χ1v) is 8.93. The zero-order valence-electron chi connectivity index (χ0n) is 14.7. The average Bonchev–Trinajstić information content (AvgIpc) is 3.11. The van der Waals surface area contributed by atoms with Crippen LogP contribution >= 0.6 is 0 Å². The Labute approximate surface area is 156 Å². The summed E-state index contributed by atoms with van der Waals surface area (Å²) in [5.41, 5.74) is 3.09. The maximum absolute atomic E-state index is 13.4. The fraction of sp³-hybridized carbons (Fsp3) is 0.300. The molecule has 0 saturated carbocycles. The Morgan fingerprint density at radius 1 is 1.22 bits per heavy atom. The van der Waals surface area contributed by atoms with E-state index in [1.165, 1.54) is 17.7 Å². The van der Waals surface area contributed by atoms with Crippen molar-refractivity contribution < 1.29 is 18.7 Å². The summed E-state index contributed by atoms with van der Waals surface area (Å²) >= 11 is 0. The first kappa shape index (κ1) is 17.3. The number of nitrogens with one attached hydrogen (secondary N) is 2. The molecule has 4 rings (SSSR count). The van der Waals surface area contributed by atoms with Crippen molar-refractivity contribution in [3.8, 4) is 0 Å². The zero-order chi connectivity index (χ0) is 18.8. The number of nitrogens with zero attached hydrogens (tertiary/aromatic N) is 1. The Hall–Kier alpha value is -3.09. The van der Waals surface area contributed by atoms with Gasteiger partial charge in [0.05, 0.1) is 12.1 Å². The Morgan fingerprint density at radius 2 is 2.00 bits per heavy atom. The molecule has 3 amide bonds. The molecule has 1 fully saturated rings. The Balaban J connectivity index is 1.57. The Kier molecular flexibility index (Phi) is 4.66. The van der Waals surface area contributed by atoms with E-state index in [1.807, 2.05) is 18.2 Å². The third kappa shape index (κ3) is 3.58. The number of benzene rings is 2. The van der Waals surface area contributed by atoms with E-state index < -0.39 is 6.09 Å². The van der Waals surface area contributed by atoms with Crippen molar-refractivity contribution in [3.05, 3.63) is 71.0 Å². The molecule has 0 aromatic heterocycles. The minimum Gasteiger partial charge on any atom is -0.447 e. The number of hydrogen-bond donors (Lipinski definition) is 2. The van der Waals surface area contributed by atoms with Crippen molar-refractivity contribution in [2.75, 3.05) is 19.7 Å². The SMILES string of the molecule is O=C1NC(CNC(=O)N2CCc3ccccc3[C@@H]2c2ccc(F)cc2)CO1. The van der Waals surface area contributed by atoms with Crippen LogP contribution in [-0.2, 0) is 11.2 Å². The van der Waals surface area contributed by atoms with E-state index in [-0.39, 0.29) is 30.5 Å². The Morgan fingerprint density at radius 3 is 2.74 bits per heavy atom. The normalized spacial score (nSPS) is 21.2. The van der Waals surface area contributed by atoms with Crippen LogP contribution in [0.2, 0.25) is 0 Å². The highest BCUT2D eigenvalue weighted by atomic mass is 19.1. The van der Waals surface area contributed by atoms with Crippen molar-refractivity contribution in [1.82, 2.24) is 15.5 Å². The van der Waals surface area contributed by atoms with Crippen molar-refractivity contribution in [3.63, 3.8) is 0 Å². The molecule has 2 aliphatic rings. The molecular formula is C20H20FN3O3. The second-order valence-corrected chi connectivity index (χ2v) is 6.72. The molecule has 27 heavy (non-hydrogen) atoms. The lowest BCUT2D eigenvalue weighted by Crippen LogP contribution is -2.49. The van der Waals surface area contributed by atoms with Gasteiger partial charge in [-0.3, -0.25) is 0 Å². The van der Waals surface area contributed by atoms with Gasteiger partial charge in [-0.25, -0.2) is 14.0 Å². The quantitative estimate of drug-likeness (QED) is 0.874. The van der Waals surface area contributed by atoms with E-state index >= 15 is 0 Å². The summed E-state index contributed by atoms with van der Waals surface area (Å²) in [6, 6.07) is 13.5. The summed E-state index contributed by atoms with van der Waals surface area (Å²) < 4.78 is 18.2. The predicted octanol–water partition coefficient (Wildman–Crippen LogP) is 2.59. The average molecular weight is 369 g/mol. The summed E-state index contributed by atoms with van der Waals surface area (Å²) in [7, 11) is 0. The van der Waals surface area contributed by atoms with Crippen LogP contribution in [0.25, 0.3) is 0 Å². The lowest BCUT2D eigenvalue weighted by molar-refractivity contribution is 0.175. The number of alkyl carbamates (subject to hydrolysis) is 1. The third-order valence-electron chi connectivity index (χ3n) is 4.97. The number of fused-ring (bicyclic) bond motifs is 1. The van der Waals surface area contributed by atoms with E-state index in [2.05, 4.69) is 16.7 Å². The predicted molar refractivity (Wildman–Crippen MR) is 96.8 cm³/mol. The van der Waals surface area contributed by atoms with Gasteiger partial charge in [-0.1, -0.05) is 36.4 Å². The van der Waals surface area contributed by atoms with Crippen molar-refractivity contribution in [2.24, 2.45) is 0 Å². The third-order valence-corrected chi connectivity index (χ3v) is 4.97. The number of hydrogen-bond acceptors (Lipinski definition) is 3. The van der Waals surface area contributed by atoms with Crippen molar-refractivity contribution >= 4 is 12.1 Å². The van der Waals surface area contributed by atoms with Gasteiger partial charge in [-0.05, 0) is 35.2 Å². The van der Waals surface area contributed by atoms with E-state index in [0.717, 1.165) is 17.5 Å². The zero-order valence-corrected chi connectivity index (χ0v) is 14.7. The van der Waals surface area contributed by atoms with Crippen LogP contribution in [0.4, 0.5) is 14.0 Å². The fourth-order valence-corrected chi connectivity index (χ4v) is 3.64. The summed E-state index contributed by atoms with van der Waals surface area (Å²) in [6.07, 6.45) is 0.287. The number of carbonyl (C=O) groups is 2. The van der Waals surface area contributed by atoms with Crippen molar-refractivity contribution in [2.45, 2.75) is 18.5 Å². The maximum atomic E-state index is 13.4. The Bertz CT molecular complexity index is 856. The maximum Gasteiger partial charge on any atom is 0.407 e. The lowest BCUT2D eigenvalue weighted by Gasteiger charge is -2.37. The van der Waals surface area contributed by atoms with E-state index in [1.54, 1.807) is 17.0 Å². The van der Waals surface area contributed by atoms with Crippen LogP contribution < -0.4 is 10.6 Å². The molecular weight excluding hydrogens is 349 g/mol. The highest BCUT2D eigenvalue weighted by molar-refractivity contribution is 5.76. The molecule has 2 atom stereocenters. The fourth-order valence-electron chi connectivity index (χ4n) is 3.64. The number of ether oxygens (including phenoxy) is 1. The molecule has 0 bridgehead atoms. The van der Waals surface area contributed by atoms with Crippen LogP contribution in [0.3, 0.4) is 0 Å². The summed E-state index contributed by atoms with van der Waals surface area (Å²) in [6.45, 7) is 1.08. The van der Waals surface area contributed by atoms with Gasteiger partial charge in [0, 0.05) is 13.1 Å². The smallest absolute Gasteiger partial charge is 0.407 e. The van der Waals surface area contributed by atoms with Gasteiger partial charge < -0.3 is 20.3 Å². The van der Waals surface area contributed by atoms with Gasteiger partial charge in [0.2, 0.25) is 0 Å². The number of cyclic esters (lactones) is 1. The van der Waals surface area contributed by atoms with Gasteiger partial charge in [0.25, 0.3) is 0 Å². The molecule has 0 spiro atoms. The minimum absolute atomic E-state index is 0.222. The van der Waals surface area contributed by atoms with Crippen LogP contribution in [0.15, 0.2) is 48.5 Å². The van der Waals surface area contributed by atoms with Crippen LogP contribution in [0.5, 0.6) is 0 Å². The second-order valence-electron chi connectivity index (χ2n) is 6.72. The summed E-state index contributed by atoms with van der Waals surface area (Å²) in [5.74, 6) is -0.309. The monoisotopic (exact) mass is 369 g/mol. The van der Waals surface area contributed by atoms with Crippen LogP contribution in [-0.4, -0.2) is 42.8 Å². The standard InChI is InChI=1S/C20H20FN3O3/c21-15-7-5-14(6-8-15)18-17-4-2-1-3-13(17)9-10-24(18)19(25)22-11-16-12-27-20(26)23-16/h1-8,16,18H,9-12H2,(H,22,25)(H,23,26)/t16?,18-/m0/s1. The van der Waals surface area contributed by atoms with Gasteiger partial charge in [0.1, 0.15) is 12.4 Å². The number of rotatable bonds is 3. The van der Waals surface area contributed by atoms with Crippen LogP contribution in [0.1, 0.15) is 22.7 Å². The van der Waals surface area contributed by atoms with Gasteiger partial charge >= 0.3 is 12.1 Å². The van der Waals surface area contributed by atoms with E-state index in [4.69, 9.17) is 4.74 Å². The number of amides is 3. The van der Waals surface area contributed by atoms with Gasteiger partial charge in [0.15, 0.2) is 0 Å². The largest absolute Gasteiger partial charge is 0.447 e. The molecule has 2 aromatic carbocycles. The number of urea groups is 1. The molecule has 140 valence electrons. The minimum atomic E-state index is -0.467. The molecule has 2 aliphatic heterocycles. The highest BCUT2D eigenvalue weighted by Crippen LogP contribution is 2.35. The first-order chi connectivity index (χ1) is 13.1. The second kappa shape index (κ2) is 7.26. The number of halogens is 1. The molecule has 7 heteroatoms. The molecule has 6 nitrogen and oxygen atoms in total. The molecule has 2 heterocycles. The molecule has 0 radical (unpaired) electrons. The molecule has 2 aromatic rings.